The number of aryl methyl sites for hydroxylation is 2. The topological polar surface area (TPSA) is 56.5 Å². The molecule has 0 aliphatic carbocycles. The van der Waals surface area contributed by atoms with Gasteiger partial charge in [-0.05, 0) is 31.0 Å². The van der Waals surface area contributed by atoms with Crippen LogP contribution in [0.5, 0.6) is 5.75 Å². The number of nitrogens with one attached hydrogen (secondary N) is 1. The first-order valence-electron chi connectivity index (χ1n) is 5.34. The van der Waals surface area contributed by atoms with Crippen LogP contribution in [-0.2, 0) is 10.3 Å². The first-order chi connectivity index (χ1) is 7.63. The van der Waals surface area contributed by atoms with Gasteiger partial charge in [0.1, 0.15) is 11.3 Å². The van der Waals surface area contributed by atoms with E-state index >= 15 is 0 Å². The summed E-state index contributed by atoms with van der Waals surface area (Å²) in [5.41, 5.74) is 6.08. The first-order valence-corrected chi connectivity index (χ1v) is 5.34. The lowest BCUT2D eigenvalue weighted by Gasteiger charge is -2.42. The van der Waals surface area contributed by atoms with E-state index in [2.05, 4.69) is 25.3 Å². The average molecular weight is 222 g/mol. The van der Waals surface area contributed by atoms with Crippen molar-refractivity contribution < 1.29 is 9.47 Å². The molecule has 3 N–H and O–H groups in total. The molecule has 1 saturated heterocycles. The van der Waals surface area contributed by atoms with Gasteiger partial charge in [0.2, 0.25) is 0 Å². The summed E-state index contributed by atoms with van der Waals surface area (Å²) in [5, 5.41) is 0. The van der Waals surface area contributed by atoms with Crippen molar-refractivity contribution in [3.8, 4) is 5.75 Å². The Labute approximate surface area is 95.7 Å². The lowest BCUT2D eigenvalue weighted by molar-refractivity contribution is -0.0795. The maximum atomic E-state index is 5.63. The molecule has 1 heterocycles. The number of hydrazine groups is 1. The fourth-order valence-electron chi connectivity index (χ4n) is 1.96. The molecular weight excluding hydrogens is 204 g/mol. The summed E-state index contributed by atoms with van der Waals surface area (Å²) in [6.07, 6.45) is 0. The summed E-state index contributed by atoms with van der Waals surface area (Å²) in [6.45, 7) is 5.33. The van der Waals surface area contributed by atoms with E-state index < -0.39 is 0 Å². The van der Waals surface area contributed by atoms with Crippen molar-refractivity contribution in [3.63, 3.8) is 0 Å². The van der Waals surface area contributed by atoms with Crippen molar-refractivity contribution >= 4 is 0 Å². The Morgan fingerprint density at radius 3 is 2.38 bits per heavy atom. The van der Waals surface area contributed by atoms with Crippen LogP contribution in [0.25, 0.3) is 0 Å². The van der Waals surface area contributed by atoms with Gasteiger partial charge in [-0.2, -0.15) is 0 Å². The smallest absolute Gasteiger partial charge is 0.124 e. The van der Waals surface area contributed by atoms with Gasteiger partial charge in [-0.15, -0.1) is 0 Å². The summed E-state index contributed by atoms with van der Waals surface area (Å²) >= 11 is 0. The van der Waals surface area contributed by atoms with Gasteiger partial charge >= 0.3 is 0 Å². The van der Waals surface area contributed by atoms with Crippen LogP contribution in [0.3, 0.4) is 0 Å². The van der Waals surface area contributed by atoms with E-state index in [0.29, 0.717) is 13.2 Å². The Balaban J connectivity index is 2.50. The zero-order valence-corrected chi connectivity index (χ0v) is 9.96. The van der Waals surface area contributed by atoms with E-state index in [1.165, 1.54) is 11.1 Å². The lowest BCUT2D eigenvalue weighted by Crippen LogP contribution is -2.60. The molecule has 0 spiro atoms. The van der Waals surface area contributed by atoms with Crippen molar-refractivity contribution in [2.45, 2.75) is 19.4 Å². The Hall–Kier alpha value is -1.10. The fourth-order valence-corrected chi connectivity index (χ4v) is 1.96. The van der Waals surface area contributed by atoms with Gasteiger partial charge in [0.25, 0.3) is 0 Å². The van der Waals surface area contributed by atoms with Crippen molar-refractivity contribution in [1.82, 2.24) is 5.43 Å². The van der Waals surface area contributed by atoms with E-state index in [9.17, 15) is 0 Å². The van der Waals surface area contributed by atoms with Gasteiger partial charge in [-0.1, -0.05) is 6.07 Å². The maximum Gasteiger partial charge on any atom is 0.124 e. The van der Waals surface area contributed by atoms with Gasteiger partial charge in [-0.3, -0.25) is 5.84 Å². The molecule has 88 valence electrons. The summed E-state index contributed by atoms with van der Waals surface area (Å²) in [6, 6.07) is 4.17. The van der Waals surface area contributed by atoms with Crippen LogP contribution < -0.4 is 16.0 Å². The van der Waals surface area contributed by atoms with E-state index in [4.69, 9.17) is 15.3 Å². The highest BCUT2D eigenvalue weighted by Crippen LogP contribution is 2.36. The van der Waals surface area contributed by atoms with Crippen LogP contribution in [-0.4, -0.2) is 20.3 Å². The molecule has 0 radical (unpaired) electrons. The molecule has 1 aliphatic rings. The first kappa shape index (κ1) is 11.4. The average Bonchev–Trinajstić information content (AvgIpc) is 2.22. The van der Waals surface area contributed by atoms with Gasteiger partial charge in [0.05, 0.1) is 20.3 Å². The molecule has 0 saturated carbocycles. The second kappa shape index (κ2) is 4.05. The molecule has 2 rings (SSSR count). The van der Waals surface area contributed by atoms with Gasteiger partial charge in [0, 0.05) is 5.56 Å². The number of ether oxygens (including phenoxy) is 2. The third-order valence-corrected chi connectivity index (χ3v) is 3.30. The summed E-state index contributed by atoms with van der Waals surface area (Å²) in [5.74, 6) is 6.49. The lowest BCUT2D eigenvalue weighted by atomic mass is 9.86. The van der Waals surface area contributed by atoms with Crippen molar-refractivity contribution in [2.24, 2.45) is 5.84 Å². The minimum Gasteiger partial charge on any atom is -0.496 e. The van der Waals surface area contributed by atoms with E-state index in [0.717, 1.165) is 11.3 Å². The normalized spacial score (nSPS) is 18.0. The minimum atomic E-state index is -0.288. The predicted molar refractivity (Wildman–Crippen MR) is 62.3 cm³/mol. The number of rotatable bonds is 3. The standard InChI is InChI=1S/C12H18N2O2/c1-8-4-10(11(15-3)5-9(8)2)12(14-13)6-16-7-12/h4-5,14H,6-7,13H2,1-3H3. The molecule has 4 heteroatoms. The summed E-state index contributed by atoms with van der Waals surface area (Å²) in [7, 11) is 1.68. The number of nitrogens with two attached hydrogens (primary N) is 1. The SMILES string of the molecule is COc1cc(C)c(C)cc1C1(NN)COC1. The number of benzene rings is 1. The largest absolute Gasteiger partial charge is 0.496 e. The highest BCUT2D eigenvalue weighted by molar-refractivity contribution is 5.46. The third-order valence-electron chi connectivity index (χ3n) is 3.30. The van der Waals surface area contributed by atoms with Crippen LogP contribution in [0.15, 0.2) is 12.1 Å². The second-order valence-electron chi connectivity index (χ2n) is 4.36. The highest BCUT2D eigenvalue weighted by atomic mass is 16.5. The van der Waals surface area contributed by atoms with E-state index in [1.54, 1.807) is 7.11 Å². The third kappa shape index (κ3) is 1.59. The summed E-state index contributed by atoms with van der Waals surface area (Å²) in [4.78, 5) is 0. The zero-order valence-electron chi connectivity index (χ0n) is 9.96. The Morgan fingerprint density at radius 1 is 1.31 bits per heavy atom. The van der Waals surface area contributed by atoms with Crippen LogP contribution in [0.2, 0.25) is 0 Å². The molecule has 1 fully saturated rings. The van der Waals surface area contributed by atoms with Crippen molar-refractivity contribution in [1.29, 1.82) is 0 Å². The molecule has 0 atom stereocenters. The maximum absolute atomic E-state index is 5.63. The van der Waals surface area contributed by atoms with Gasteiger partial charge < -0.3 is 9.47 Å². The molecule has 0 unspecified atom stereocenters. The molecule has 0 amide bonds. The molecule has 0 aromatic heterocycles. The van der Waals surface area contributed by atoms with Crippen LogP contribution in [0, 0.1) is 13.8 Å². The molecule has 1 aliphatic heterocycles. The number of methoxy groups -OCH3 is 1. The minimum absolute atomic E-state index is 0.288. The zero-order chi connectivity index (χ0) is 11.8. The van der Waals surface area contributed by atoms with E-state index in [1.807, 2.05) is 6.07 Å². The Morgan fingerprint density at radius 2 is 1.94 bits per heavy atom. The van der Waals surface area contributed by atoms with E-state index in [-0.39, 0.29) is 5.54 Å². The van der Waals surface area contributed by atoms with Gasteiger partial charge in [-0.25, -0.2) is 5.43 Å². The molecule has 1 aromatic rings. The highest BCUT2D eigenvalue weighted by Gasteiger charge is 2.41. The quantitative estimate of drug-likeness (QED) is 0.592. The van der Waals surface area contributed by atoms with Crippen molar-refractivity contribution in [2.75, 3.05) is 20.3 Å². The van der Waals surface area contributed by atoms with Crippen LogP contribution in [0.1, 0.15) is 16.7 Å². The molecule has 0 bridgehead atoms. The Bertz CT molecular complexity index is 395. The number of hydrogen-bond acceptors (Lipinski definition) is 4. The van der Waals surface area contributed by atoms with Crippen LogP contribution in [0.4, 0.5) is 0 Å². The number of hydrogen-bond donors (Lipinski definition) is 2. The molecule has 4 nitrogen and oxygen atoms in total. The Kier molecular flexibility index (Phi) is 2.88. The molecular formula is C12H18N2O2. The second-order valence-corrected chi connectivity index (χ2v) is 4.36. The fraction of sp³-hybridized carbons (Fsp3) is 0.500. The molecule has 16 heavy (non-hydrogen) atoms. The monoisotopic (exact) mass is 222 g/mol. The molecule has 1 aromatic carbocycles. The van der Waals surface area contributed by atoms with Gasteiger partial charge in [0.15, 0.2) is 0 Å². The van der Waals surface area contributed by atoms with Crippen molar-refractivity contribution in [3.05, 3.63) is 28.8 Å². The predicted octanol–water partition coefficient (Wildman–Crippen LogP) is 1.00. The van der Waals surface area contributed by atoms with Crippen LogP contribution >= 0.6 is 0 Å². The summed E-state index contributed by atoms with van der Waals surface area (Å²) < 4.78 is 10.7.